The molecule has 3 N–H and O–H groups in total. The molecule has 66 valence electrons. The van der Waals surface area contributed by atoms with Gasteiger partial charge in [0.1, 0.15) is 4.84 Å². The first kappa shape index (κ1) is 9.29. The zero-order chi connectivity index (χ0) is 9.30. The standard InChI is InChI=1S/C7H6Cl2O3/c8-7(9)3-1-4(10)6(12)5(11)2-3/h1-2,7,10-12H. The summed E-state index contributed by atoms with van der Waals surface area (Å²) in [6, 6.07) is 2.36. The van der Waals surface area contributed by atoms with Gasteiger partial charge >= 0.3 is 0 Å². The van der Waals surface area contributed by atoms with Crippen molar-refractivity contribution in [2.24, 2.45) is 0 Å². The van der Waals surface area contributed by atoms with E-state index in [2.05, 4.69) is 0 Å². The first-order chi connectivity index (χ1) is 5.52. The largest absolute Gasteiger partial charge is 0.504 e. The van der Waals surface area contributed by atoms with E-state index in [1.165, 1.54) is 12.1 Å². The van der Waals surface area contributed by atoms with Crippen molar-refractivity contribution in [2.75, 3.05) is 0 Å². The van der Waals surface area contributed by atoms with Crippen LogP contribution in [0.2, 0.25) is 0 Å². The fraction of sp³-hybridized carbons (Fsp3) is 0.143. The molecule has 3 nitrogen and oxygen atoms in total. The van der Waals surface area contributed by atoms with Crippen LogP contribution in [0.25, 0.3) is 0 Å². The highest BCUT2D eigenvalue weighted by Crippen LogP contribution is 2.39. The Hall–Kier alpha value is -0.800. The van der Waals surface area contributed by atoms with E-state index >= 15 is 0 Å². The summed E-state index contributed by atoms with van der Waals surface area (Å²) in [5.41, 5.74) is 0.325. The average Bonchev–Trinajstić information content (AvgIpc) is 1.99. The van der Waals surface area contributed by atoms with Gasteiger partial charge in [0.2, 0.25) is 0 Å². The summed E-state index contributed by atoms with van der Waals surface area (Å²) in [6.07, 6.45) is 0. The van der Waals surface area contributed by atoms with Gasteiger partial charge in [-0.25, -0.2) is 0 Å². The van der Waals surface area contributed by atoms with E-state index in [9.17, 15) is 0 Å². The molecule has 0 aliphatic rings. The molecule has 0 heterocycles. The molecule has 0 aliphatic heterocycles. The Morgan fingerprint density at radius 3 is 1.75 bits per heavy atom. The van der Waals surface area contributed by atoms with Gasteiger partial charge in [0.25, 0.3) is 0 Å². The highest BCUT2D eigenvalue weighted by atomic mass is 35.5. The zero-order valence-electron chi connectivity index (χ0n) is 5.83. The van der Waals surface area contributed by atoms with Crippen molar-refractivity contribution in [3.8, 4) is 17.2 Å². The second kappa shape index (κ2) is 3.29. The maximum atomic E-state index is 9.00. The van der Waals surface area contributed by atoms with E-state index in [4.69, 9.17) is 38.5 Å². The molecule has 0 amide bonds. The number of rotatable bonds is 1. The molecule has 1 aromatic carbocycles. The molecule has 1 aromatic rings. The molecule has 0 atom stereocenters. The monoisotopic (exact) mass is 208 g/mol. The van der Waals surface area contributed by atoms with Crippen LogP contribution in [-0.4, -0.2) is 15.3 Å². The van der Waals surface area contributed by atoms with Gasteiger partial charge in [-0.05, 0) is 17.7 Å². The molecule has 0 bridgehead atoms. The minimum atomic E-state index is -0.845. The molecule has 0 aliphatic carbocycles. The molecule has 0 fully saturated rings. The lowest BCUT2D eigenvalue weighted by molar-refractivity contribution is 0.367. The Morgan fingerprint density at radius 2 is 1.42 bits per heavy atom. The zero-order valence-corrected chi connectivity index (χ0v) is 7.34. The lowest BCUT2D eigenvalue weighted by Crippen LogP contribution is -1.81. The number of halogens is 2. The van der Waals surface area contributed by atoms with Crippen LogP contribution in [-0.2, 0) is 0 Å². The predicted octanol–water partition coefficient (Wildman–Crippen LogP) is 2.28. The second-order valence-electron chi connectivity index (χ2n) is 2.21. The fourth-order valence-electron chi connectivity index (χ4n) is 0.751. The number of aromatic hydroxyl groups is 3. The van der Waals surface area contributed by atoms with Crippen LogP contribution in [0.3, 0.4) is 0 Å². The van der Waals surface area contributed by atoms with Crippen molar-refractivity contribution in [3.05, 3.63) is 17.7 Å². The van der Waals surface area contributed by atoms with Crippen LogP contribution >= 0.6 is 23.2 Å². The second-order valence-corrected chi connectivity index (χ2v) is 3.30. The summed E-state index contributed by atoms with van der Waals surface area (Å²) < 4.78 is 0. The molecule has 12 heavy (non-hydrogen) atoms. The number of phenolic OH excluding ortho intramolecular Hbond substituents is 3. The van der Waals surface area contributed by atoms with Gasteiger partial charge in [-0.1, -0.05) is 0 Å². The smallest absolute Gasteiger partial charge is 0.200 e. The normalized spacial score (nSPS) is 10.6. The molecule has 0 saturated heterocycles. The van der Waals surface area contributed by atoms with Crippen molar-refractivity contribution in [1.29, 1.82) is 0 Å². The van der Waals surface area contributed by atoms with Crippen LogP contribution in [0, 0.1) is 0 Å². The Labute approximate surface area is 78.8 Å². The summed E-state index contributed by atoms with van der Waals surface area (Å²) >= 11 is 10.9. The molecule has 0 spiro atoms. The molecular weight excluding hydrogens is 203 g/mol. The van der Waals surface area contributed by atoms with Crippen molar-refractivity contribution in [3.63, 3.8) is 0 Å². The van der Waals surface area contributed by atoms with Crippen molar-refractivity contribution in [2.45, 2.75) is 4.84 Å². The summed E-state index contributed by atoms with van der Waals surface area (Å²) in [7, 11) is 0. The Morgan fingerprint density at radius 1 is 1.00 bits per heavy atom. The molecular formula is C7H6Cl2O3. The van der Waals surface area contributed by atoms with Gasteiger partial charge in [0.05, 0.1) is 0 Å². The summed E-state index contributed by atoms with van der Waals surface area (Å²) in [6.45, 7) is 0. The number of phenols is 3. The van der Waals surface area contributed by atoms with Gasteiger partial charge in [-0.15, -0.1) is 23.2 Å². The molecule has 5 heteroatoms. The topological polar surface area (TPSA) is 60.7 Å². The quantitative estimate of drug-likeness (QED) is 0.491. The fourth-order valence-corrected chi connectivity index (χ4v) is 1.00. The van der Waals surface area contributed by atoms with E-state index < -0.39 is 22.1 Å². The highest BCUT2D eigenvalue weighted by Gasteiger charge is 2.11. The summed E-state index contributed by atoms with van der Waals surface area (Å²) in [5, 5.41) is 26.9. The predicted molar refractivity (Wildman–Crippen MR) is 45.9 cm³/mol. The summed E-state index contributed by atoms with van der Waals surface area (Å²) in [4.78, 5) is -0.845. The van der Waals surface area contributed by atoms with Gasteiger partial charge in [0, 0.05) is 0 Å². The Kier molecular flexibility index (Phi) is 2.55. The number of benzene rings is 1. The SMILES string of the molecule is Oc1cc(C(Cl)Cl)cc(O)c1O. The molecule has 0 radical (unpaired) electrons. The van der Waals surface area contributed by atoms with Crippen LogP contribution in [0.4, 0.5) is 0 Å². The van der Waals surface area contributed by atoms with Gasteiger partial charge in [0.15, 0.2) is 17.2 Å². The highest BCUT2D eigenvalue weighted by molar-refractivity contribution is 6.44. The lowest BCUT2D eigenvalue weighted by atomic mass is 10.2. The van der Waals surface area contributed by atoms with E-state index in [1.807, 2.05) is 0 Å². The number of alkyl halides is 2. The van der Waals surface area contributed by atoms with Crippen LogP contribution in [0.1, 0.15) is 10.4 Å². The van der Waals surface area contributed by atoms with E-state index in [0.717, 1.165) is 0 Å². The third-order valence-corrected chi connectivity index (χ3v) is 1.85. The average molecular weight is 209 g/mol. The molecule has 1 rings (SSSR count). The van der Waals surface area contributed by atoms with Crippen molar-refractivity contribution in [1.82, 2.24) is 0 Å². The Balaban J connectivity index is 3.21. The third kappa shape index (κ3) is 1.68. The van der Waals surface area contributed by atoms with Crippen LogP contribution in [0.15, 0.2) is 12.1 Å². The third-order valence-electron chi connectivity index (χ3n) is 1.34. The van der Waals surface area contributed by atoms with Crippen molar-refractivity contribution < 1.29 is 15.3 Å². The van der Waals surface area contributed by atoms with Crippen molar-refractivity contribution >= 4 is 23.2 Å². The van der Waals surface area contributed by atoms with E-state index in [1.54, 1.807) is 0 Å². The first-order valence-electron chi connectivity index (χ1n) is 3.05. The van der Waals surface area contributed by atoms with E-state index in [-0.39, 0.29) is 0 Å². The molecule has 0 saturated carbocycles. The maximum Gasteiger partial charge on any atom is 0.200 e. The summed E-state index contributed by atoms with van der Waals surface area (Å²) in [5.74, 6) is -1.47. The van der Waals surface area contributed by atoms with Gasteiger partial charge in [-0.3, -0.25) is 0 Å². The van der Waals surface area contributed by atoms with E-state index in [0.29, 0.717) is 5.56 Å². The Bertz CT molecular complexity index is 276. The first-order valence-corrected chi connectivity index (χ1v) is 3.92. The minimum Gasteiger partial charge on any atom is -0.504 e. The molecule has 0 aromatic heterocycles. The number of hydrogen-bond acceptors (Lipinski definition) is 3. The van der Waals surface area contributed by atoms with Crippen LogP contribution < -0.4 is 0 Å². The van der Waals surface area contributed by atoms with Crippen LogP contribution in [0.5, 0.6) is 17.2 Å². The molecule has 0 unspecified atom stereocenters. The number of hydrogen-bond donors (Lipinski definition) is 3. The maximum absolute atomic E-state index is 9.00. The van der Waals surface area contributed by atoms with Gasteiger partial charge < -0.3 is 15.3 Å². The van der Waals surface area contributed by atoms with Gasteiger partial charge in [-0.2, -0.15) is 0 Å². The minimum absolute atomic E-state index is 0.325. The lowest BCUT2D eigenvalue weighted by Gasteiger charge is -2.05.